The van der Waals surface area contributed by atoms with Crippen molar-refractivity contribution in [3.8, 4) is 0 Å². The molecular formula is C22H22N4O3S. The third-order valence-corrected chi connectivity index (χ3v) is 5.62. The quantitative estimate of drug-likeness (QED) is 0.461. The summed E-state index contributed by atoms with van der Waals surface area (Å²) in [7, 11) is 0. The number of thioether (sulfide) groups is 1. The van der Waals surface area contributed by atoms with Gasteiger partial charge in [-0.3, -0.25) is 14.6 Å². The summed E-state index contributed by atoms with van der Waals surface area (Å²) in [6.45, 7) is 1.82. The van der Waals surface area contributed by atoms with Gasteiger partial charge in [0.15, 0.2) is 6.61 Å². The zero-order valence-corrected chi connectivity index (χ0v) is 17.2. The van der Waals surface area contributed by atoms with E-state index < -0.39 is 5.97 Å². The lowest BCUT2D eigenvalue weighted by atomic mass is 10.2. The van der Waals surface area contributed by atoms with Gasteiger partial charge in [-0.2, -0.15) is 0 Å². The lowest BCUT2D eigenvalue weighted by Gasteiger charge is -2.17. The summed E-state index contributed by atoms with van der Waals surface area (Å²) >= 11 is 1.23. The number of carbonyl (C=O) groups excluding carboxylic acids is 2. The summed E-state index contributed by atoms with van der Waals surface area (Å²) in [6, 6.07) is 15.2. The van der Waals surface area contributed by atoms with E-state index in [1.54, 1.807) is 6.20 Å². The molecule has 0 aliphatic carbocycles. The molecule has 0 atom stereocenters. The Hall–Kier alpha value is -3.13. The lowest BCUT2D eigenvalue weighted by molar-refractivity contribution is -0.144. The molecule has 7 nitrogen and oxygen atoms in total. The number of hydrogen-bond donors (Lipinski definition) is 1. The molecule has 4 rings (SSSR count). The van der Waals surface area contributed by atoms with Crippen LogP contribution in [0.2, 0.25) is 0 Å². The van der Waals surface area contributed by atoms with Crippen LogP contribution in [0.1, 0.15) is 12.8 Å². The number of para-hydroxylation sites is 2. The van der Waals surface area contributed by atoms with Crippen molar-refractivity contribution in [1.29, 1.82) is 0 Å². The molecule has 0 radical (unpaired) electrons. The molecule has 1 fully saturated rings. The molecule has 30 heavy (non-hydrogen) atoms. The summed E-state index contributed by atoms with van der Waals surface area (Å²) in [5.41, 5.74) is 3.41. The molecule has 1 N–H and O–H groups in total. The SMILES string of the molecule is O=C(COC(=O)CSc1cnc2ccccc2n1)Nc1ccc(N2CCCC2)cc1. The van der Waals surface area contributed by atoms with E-state index >= 15 is 0 Å². The second-order valence-corrected chi connectivity index (χ2v) is 7.93. The summed E-state index contributed by atoms with van der Waals surface area (Å²) in [4.78, 5) is 35.1. The fourth-order valence-electron chi connectivity index (χ4n) is 3.26. The van der Waals surface area contributed by atoms with Gasteiger partial charge in [0, 0.05) is 24.5 Å². The molecule has 0 unspecified atom stereocenters. The van der Waals surface area contributed by atoms with E-state index in [0.717, 1.165) is 29.8 Å². The van der Waals surface area contributed by atoms with E-state index in [9.17, 15) is 9.59 Å². The predicted octanol–water partition coefficient (Wildman–Crippen LogP) is 3.50. The largest absolute Gasteiger partial charge is 0.455 e. The first-order valence-corrected chi connectivity index (χ1v) is 10.8. The number of fused-ring (bicyclic) bond motifs is 1. The number of rotatable bonds is 7. The molecule has 0 bridgehead atoms. The van der Waals surface area contributed by atoms with Crippen molar-refractivity contribution >= 4 is 46.0 Å². The van der Waals surface area contributed by atoms with Crippen molar-refractivity contribution in [2.24, 2.45) is 0 Å². The molecular weight excluding hydrogens is 400 g/mol. The molecule has 2 heterocycles. The second-order valence-electron chi connectivity index (χ2n) is 6.94. The maximum atomic E-state index is 12.1. The van der Waals surface area contributed by atoms with Gasteiger partial charge in [-0.05, 0) is 49.2 Å². The highest BCUT2D eigenvalue weighted by Gasteiger charge is 2.13. The number of amides is 1. The van der Waals surface area contributed by atoms with E-state index in [1.165, 1.54) is 24.6 Å². The van der Waals surface area contributed by atoms with Crippen LogP contribution in [-0.4, -0.2) is 47.3 Å². The number of nitrogens with zero attached hydrogens (tertiary/aromatic N) is 3. The van der Waals surface area contributed by atoms with Crippen molar-refractivity contribution < 1.29 is 14.3 Å². The number of ether oxygens (including phenoxy) is 1. The van der Waals surface area contributed by atoms with Crippen molar-refractivity contribution in [2.75, 3.05) is 35.7 Å². The van der Waals surface area contributed by atoms with Gasteiger partial charge in [0.25, 0.3) is 5.91 Å². The average molecular weight is 423 g/mol. The van der Waals surface area contributed by atoms with Crippen LogP contribution in [0.3, 0.4) is 0 Å². The van der Waals surface area contributed by atoms with Gasteiger partial charge in [0.2, 0.25) is 0 Å². The molecule has 0 saturated carbocycles. The Balaban J connectivity index is 1.20. The zero-order chi connectivity index (χ0) is 20.8. The minimum Gasteiger partial charge on any atom is -0.455 e. The molecule has 3 aromatic rings. The highest BCUT2D eigenvalue weighted by Crippen LogP contribution is 2.22. The lowest BCUT2D eigenvalue weighted by Crippen LogP contribution is -2.22. The molecule has 1 aromatic heterocycles. The van der Waals surface area contributed by atoms with Gasteiger partial charge in [-0.1, -0.05) is 23.9 Å². The first-order valence-electron chi connectivity index (χ1n) is 9.82. The smallest absolute Gasteiger partial charge is 0.316 e. The highest BCUT2D eigenvalue weighted by atomic mass is 32.2. The van der Waals surface area contributed by atoms with E-state index in [2.05, 4.69) is 20.2 Å². The minimum absolute atomic E-state index is 0.0603. The maximum absolute atomic E-state index is 12.1. The summed E-state index contributed by atoms with van der Waals surface area (Å²) in [6.07, 6.45) is 4.06. The van der Waals surface area contributed by atoms with Gasteiger partial charge in [-0.15, -0.1) is 0 Å². The molecule has 2 aromatic carbocycles. The van der Waals surface area contributed by atoms with Crippen LogP contribution in [0.4, 0.5) is 11.4 Å². The van der Waals surface area contributed by atoms with E-state index in [4.69, 9.17) is 4.74 Å². The number of carbonyl (C=O) groups is 2. The highest BCUT2D eigenvalue weighted by molar-refractivity contribution is 7.99. The Morgan fingerprint density at radius 1 is 1.03 bits per heavy atom. The molecule has 1 aliphatic heterocycles. The van der Waals surface area contributed by atoms with Crippen molar-refractivity contribution in [3.63, 3.8) is 0 Å². The van der Waals surface area contributed by atoms with Crippen molar-refractivity contribution in [2.45, 2.75) is 17.9 Å². The topological polar surface area (TPSA) is 84.4 Å². The van der Waals surface area contributed by atoms with Crippen LogP contribution in [-0.2, 0) is 14.3 Å². The van der Waals surface area contributed by atoms with Crippen LogP contribution >= 0.6 is 11.8 Å². The monoisotopic (exact) mass is 422 g/mol. The van der Waals surface area contributed by atoms with E-state index in [0.29, 0.717) is 10.7 Å². The Morgan fingerprint density at radius 2 is 1.77 bits per heavy atom. The molecule has 1 saturated heterocycles. The summed E-state index contributed by atoms with van der Waals surface area (Å²) < 4.78 is 5.06. The second kappa shape index (κ2) is 9.58. The van der Waals surface area contributed by atoms with Gasteiger partial charge >= 0.3 is 5.97 Å². The maximum Gasteiger partial charge on any atom is 0.316 e. The van der Waals surface area contributed by atoms with Crippen LogP contribution < -0.4 is 10.2 Å². The molecule has 0 spiro atoms. The third-order valence-electron chi connectivity index (χ3n) is 4.75. The standard InChI is InChI=1S/C22H22N4O3S/c27-20(24-16-7-9-17(10-8-16)26-11-3-4-12-26)14-29-22(28)15-30-21-13-23-18-5-1-2-6-19(18)25-21/h1-2,5-10,13H,3-4,11-12,14-15H2,(H,24,27). The predicted molar refractivity (Wildman–Crippen MR) is 118 cm³/mol. The molecule has 8 heteroatoms. The number of aromatic nitrogens is 2. The Morgan fingerprint density at radius 3 is 2.53 bits per heavy atom. The van der Waals surface area contributed by atoms with Crippen molar-refractivity contribution in [3.05, 3.63) is 54.7 Å². The normalized spacial score (nSPS) is 13.4. The Kier molecular flexibility index (Phi) is 6.44. The number of hydrogen-bond acceptors (Lipinski definition) is 7. The summed E-state index contributed by atoms with van der Waals surface area (Å²) in [5, 5.41) is 3.38. The minimum atomic E-state index is -0.477. The summed E-state index contributed by atoms with van der Waals surface area (Å²) in [5.74, 6) is -0.785. The number of nitrogens with one attached hydrogen (secondary N) is 1. The van der Waals surface area contributed by atoms with Gasteiger partial charge in [0.1, 0.15) is 5.03 Å². The Labute approximate surface area is 178 Å². The van der Waals surface area contributed by atoms with Gasteiger partial charge in [-0.25, -0.2) is 4.98 Å². The van der Waals surface area contributed by atoms with Gasteiger partial charge in [0.05, 0.1) is 23.0 Å². The molecule has 1 amide bonds. The first kappa shape index (κ1) is 20.2. The van der Waals surface area contributed by atoms with Crippen LogP contribution in [0.25, 0.3) is 11.0 Å². The zero-order valence-electron chi connectivity index (χ0n) is 16.4. The van der Waals surface area contributed by atoms with E-state index in [-0.39, 0.29) is 18.3 Å². The average Bonchev–Trinajstić information content (AvgIpc) is 3.31. The number of anilines is 2. The molecule has 154 valence electrons. The van der Waals surface area contributed by atoms with Crippen molar-refractivity contribution in [1.82, 2.24) is 9.97 Å². The first-order chi connectivity index (χ1) is 14.7. The molecule has 1 aliphatic rings. The number of esters is 1. The Bertz CT molecular complexity index is 1040. The fraction of sp³-hybridized carbons (Fsp3) is 0.273. The van der Waals surface area contributed by atoms with Crippen LogP contribution in [0.5, 0.6) is 0 Å². The third kappa shape index (κ3) is 5.27. The van der Waals surface area contributed by atoms with Crippen LogP contribution in [0.15, 0.2) is 59.8 Å². The fourth-order valence-corrected chi connectivity index (χ4v) is 3.90. The van der Waals surface area contributed by atoms with Gasteiger partial charge < -0.3 is 15.0 Å². The number of benzene rings is 2. The van der Waals surface area contributed by atoms with Crippen LogP contribution in [0, 0.1) is 0 Å². The van der Waals surface area contributed by atoms with E-state index in [1.807, 2.05) is 48.5 Å².